The van der Waals surface area contributed by atoms with Crippen LogP contribution in [0.1, 0.15) is 148 Å². The third-order valence-electron chi connectivity index (χ3n) is 1.50. The Bertz CT molecular complexity index is 63.8. The van der Waals surface area contributed by atoms with E-state index < -0.39 is 0 Å². The Morgan fingerprint density at radius 3 is 0.458 bits per heavy atom. The van der Waals surface area contributed by atoms with Gasteiger partial charge in [0.2, 0.25) is 0 Å². The zero-order valence-corrected chi connectivity index (χ0v) is 20.6. The molecule has 0 heterocycles. The van der Waals surface area contributed by atoms with E-state index in [0.29, 0.717) is 0 Å². The van der Waals surface area contributed by atoms with Gasteiger partial charge in [-0.2, -0.15) is 0 Å². The molecule has 0 fully saturated rings. The lowest BCUT2D eigenvalue weighted by atomic mass is 10.4. The molecule has 0 saturated carbocycles. The first-order valence-corrected chi connectivity index (χ1v) is 11.0. The van der Waals surface area contributed by atoms with Crippen LogP contribution in [0.15, 0.2) is 12.7 Å². The van der Waals surface area contributed by atoms with Gasteiger partial charge < -0.3 is 0 Å². The van der Waals surface area contributed by atoms with Gasteiger partial charge in [0.05, 0.1) is 0 Å². The fourth-order valence-electron chi connectivity index (χ4n) is 0. The average Bonchev–Trinajstić information content (AvgIpc) is 2.58. The van der Waals surface area contributed by atoms with E-state index in [2.05, 4.69) is 89.7 Å². The Hall–Kier alpha value is -0.260. The van der Waals surface area contributed by atoms with Crippen LogP contribution in [0.3, 0.4) is 0 Å². The summed E-state index contributed by atoms with van der Waals surface area (Å²) >= 11 is 0. The molecule has 0 rings (SSSR count). The number of rotatable bonds is 3. The lowest BCUT2D eigenvalue weighted by Crippen LogP contribution is -1.47. The molecule has 0 amide bonds. The van der Waals surface area contributed by atoms with Gasteiger partial charge >= 0.3 is 0 Å². The molecule has 0 unspecified atom stereocenters. The number of hydrogen-bond acceptors (Lipinski definition) is 0. The molecule has 0 heteroatoms. The van der Waals surface area contributed by atoms with Gasteiger partial charge in [0.15, 0.2) is 0 Å². The van der Waals surface area contributed by atoms with E-state index >= 15 is 0 Å². The Labute approximate surface area is 160 Å². The number of unbranched alkanes of at least 4 members (excludes halogenated alkanes) is 3. The van der Waals surface area contributed by atoms with E-state index in [-0.39, 0.29) is 0 Å². The lowest BCUT2D eigenvalue weighted by Gasteiger charge is -1.68. The van der Waals surface area contributed by atoms with Crippen LogP contribution < -0.4 is 0 Å². The van der Waals surface area contributed by atoms with Gasteiger partial charge in [-0.1, -0.05) is 147 Å². The van der Waals surface area contributed by atoms with Crippen molar-refractivity contribution in [3.05, 3.63) is 12.7 Å². The molecule has 0 bridgehead atoms. The smallest absolute Gasteiger partial charge is 0.0473 e. The van der Waals surface area contributed by atoms with Gasteiger partial charge in [-0.15, -0.1) is 6.58 Å². The standard InChI is InChI=1S/3C4H10.3C3H8.C3H6/c3*1-3-4-2;4*1-3-2/h3*3-4H2,1-2H3;3*3H2,1-2H3;3H,1H2,2H3. The van der Waals surface area contributed by atoms with Crippen molar-refractivity contribution in [1.82, 2.24) is 0 Å². The molecular formula is C24H60. The van der Waals surface area contributed by atoms with Gasteiger partial charge in [-0.05, 0) is 6.92 Å². The van der Waals surface area contributed by atoms with E-state index in [1.807, 2.05) is 6.92 Å². The molecule has 0 aliphatic heterocycles. The lowest BCUT2D eigenvalue weighted by molar-refractivity contribution is 0.886. The van der Waals surface area contributed by atoms with Crippen LogP contribution in [0.5, 0.6) is 0 Å². The fourth-order valence-corrected chi connectivity index (χ4v) is 0. The monoisotopic (exact) mass is 348 g/mol. The summed E-state index contributed by atoms with van der Waals surface area (Å²) in [6.45, 7) is 31.1. The average molecular weight is 349 g/mol. The normalized spacial score (nSPS) is 6.54. The molecule has 0 spiro atoms. The minimum atomic E-state index is 1.25. The van der Waals surface area contributed by atoms with Crippen molar-refractivity contribution in [2.45, 2.75) is 148 Å². The van der Waals surface area contributed by atoms with Crippen molar-refractivity contribution in [3.8, 4) is 0 Å². The van der Waals surface area contributed by atoms with E-state index in [1.165, 1.54) is 57.8 Å². The second kappa shape index (κ2) is 113. The second-order valence-corrected chi connectivity index (χ2v) is 5.53. The van der Waals surface area contributed by atoms with Crippen molar-refractivity contribution >= 4 is 0 Å². The van der Waals surface area contributed by atoms with Gasteiger partial charge in [0.25, 0.3) is 0 Å². The maximum atomic E-state index is 3.36. The minimum Gasteiger partial charge on any atom is -0.103 e. The highest BCUT2D eigenvalue weighted by Gasteiger charge is 1.57. The molecule has 0 N–H and O–H groups in total. The Morgan fingerprint density at radius 1 is 0.417 bits per heavy atom. The van der Waals surface area contributed by atoms with Crippen LogP contribution in [0.25, 0.3) is 0 Å². The molecular weight excluding hydrogens is 288 g/mol. The highest BCUT2D eigenvalue weighted by Crippen LogP contribution is 1.77. The molecule has 156 valence electrons. The van der Waals surface area contributed by atoms with E-state index in [4.69, 9.17) is 0 Å². The van der Waals surface area contributed by atoms with Crippen LogP contribution in [-0.4, -0.2) is 0 Å². The van der Waals surface area contributed by atoms with Gasteiger partial charge in [0.1, 0.15) is 0 Å². The summed E-state index contributed by atoms with van der Waals surface area (Å²) in [5, 5.41) is 0. The van der Waals surface area contributed by atoms with Gasteiger partial charge in [0, 0.05) is 0 Å². The maximum absolute atomic E-state index is 3.36. The third-order valence-corrected chi connectivity index (χ3v) is 1.50. The Kier molecular flexibility index (Phi) is 207. The molecule has 0 aliphatic rings. The zero-order chi connectivity index (χ0) is 21.1. The van der Waals surface area contributed by atoms with Crippen LogP contribution in [-0.2, 0) is 0 Å². The van der Waals surface area contributed by atoms with E-state index in [9.17, 15) is 0 Å². The molecule has 0 aromatic carbocycles. The molecule has 24 heavy (non-hydrogen) atoms. The zero-order valence-electron chi connectivity index (χ0n) is 20.6. The van der Waals surface area contributed by atoms with Crippen LogP contribution in [0.4, 0.5) is 0 Å². The molecule has 0 aromatic heterocycles. The molecule has 0 aromatic rings. The summed E-state index contributed by atoms with van der Waals surface area (Å²) in [5.74, 6) is 0. The third kappa shape index (κ3) is 1250. The summed E-state index contributed by atoms with van der Waals surface area (Å²) in [6, 6.07) is 0. The topological polar surface area (TPSA) is 0 Å². The summed E-state index contributed by atoms with van der Waals surface area (Å²) in [6.07, 6.45) is 13.4. The van der Waals surface area contributed by atoms with Crippen molar-refractivity contribution in [2.75, 3.05) is 0 Å². The summed E-state index contributed by atoms with van der Waals surface area (Å²) < 4.78 is 0. The Morgan fingerprint density at radius 2 is 0.458 bits per heavy atom. The highest BCUT2D eigenvalue weighted by atomic mass is 13.6. The predicted octanol–water partition coefficient (Wildman–Crippen LogP) is 10.9. The second-order valence-electron chi connectivity index (χ2n) is 5.53. The minimum absolute atomic E-state index is 1.25. The van der Waals surface area contributed by atoms with Gasteiger partial charge in [-0.3, -0.25) is 0 Å². The number of allylic oxidation sites excluding steroid dienone is 1. The highest BCUT2D eigenvalue weighted by molar-refractivity contribution is 4.51. The van der Waals surface area contributed by atoms with Gasteiger partial charge in [-0.25, -0.2) is 0 Å². The van der Waals surface area contributed by atoms with Crippen LogP contribution >= 0.6 is 0 Å². The first-order valence-electron chi connectivity index (χ1n) is 11.0. The van der Waals surface area contributed by atoms with Crippen molar-refractivity contribution < 1.29 is 0 Å². The van der Waals surface area contributed by atoms with Crippen molar-refractivity contribution in [1.29, 1.82) is 0 Å². The SMILES string of the molecule is C=CC.CCC.CCC.CCC.CCCC.CCCC.CCCC. The quantitative estimate of drug-likeness (QED) is 0.445. The molecule has 0 radical (unpaired) electrons. The Balaban J connectivity index is -0.0000000283. The first-order chi connectivity index (χ1) is 11.4. The molecule has 0 nitrogen and oxygen atoms in total. The van der Waals surface area contributed by atoms with E-state index in [0.717, 1.165) is 0 Å². The maximum Gasteiger partial charge on any atom is -0.0473 e. The van der Waals surface area contributed by atoms with Crippen LogP contribution in [0, 0.1) is 0 Å². The van der Waals surface area contributed by atoms with Crippen molar-refractivity contribution in [3.63, 3.8) is 0 Å². The molecule has 0 atom stereocenters. The first kappa shape index (κ1) is 43.8. The molecule has 0 aliphatic carbocycles. The fraction of sp³-hybridized carbons (Fsp3) is 0.917. The van der Waals surface area contributed by atoms with Crippen LogP contribution in [0.2, 0.25) is 0 Å². The summed E-state index contributed by atoms with van der Waals surface area (Å²) in [7, 11) is 0. The van der Waals surface area contributed by atoms with E-state index in [1.54, 1.807) is 6.08 Å². The summed E-state index contributed by atoms with van der Waals surface area (Å²) in [5.41, 5.74) is 0. The molecule has 0 saturated heterocycles. The summed E-state index contributed by atoms with van der Waals surface area (Å²) in [4.78, 5) is 0. The predicted molar refractivity (Wildman–Crippen MR) is 126 cm³/mol. The number of hydrogen-bond donors (Lipinski definition) is 0. The van der Waals surface area contributed by atoms with Crippen molar-refractivity contribution in [2.24, 2.45) is 0 Å². The largest absolute Gasteiger partial charge is 0.103 e.